The summed E-state index contributed by atoms with van der Waals surface area (Å²) in [4.78, 5) is 0. The minimum Gasteiger partial charge on any atom is -0.507 e. The molecule has 2 aliphatic rings. The first-order valence-corrected chi connectivity index (χ1v) is 7.86. The van der Waals surface area contributed by atoms with Crippen LogP contribution in [0.1, 0.15) is 30.4 Å². The number of hydrogen-bond acceptors (Lipinski definition) is 1. The monoisotopic (exact) mass is 326 g/mol. The molecule has 0 spiro atoms. The van der Waals surface area contributed by atoms with Crippen LogP contribution in [0.15, 0.2) is 46.5 Å². The van der Waals surface area contributed by atoms with Gasteiger partial charge in [0.05, 0.1) is 4.47 Å². The van der Waals surface area contributed by atoms with E-state index >= 15 is 0 Å². The Kier molecular flexibility index (Phi) is 2.74. The summed E-state index contributed by atoms with van der Waals surface area (Å²) in [7, 11) is 0. The molecule has 0 saturated carbocycles. The Hall–Kier alpha value is -1.54. The number of fused-ring (bicyclic) bond motifs is 4. The Morgan fingerprint density at radius 1 is 1.05 bits per heavy atom. The fraction of sp³-hybridized carbons (Fsp3) is 0.222. The fourth-order valence-corrected chi connectivity index (χ4v) is 3.79. The van der Waals surface area contributed by atoms with Crippen molar-refractivity contribution in [1.29, 1.82) is 0 Å². The van der Waals surface area contributed by atoms with Gasteiger partial charge >= 0.3 is 0 Å². The van der Waals surface area contributed by atoms with Crippen molar-refractivity contribution >= 4 is 32.3 Å². The van der Waals surface area contributed by atoms with Crippen molar-refractivity contribution in [3.8, 4) is 5.75 Å². The lowest BCUT2D eigenvalue weighted by atomic mass is 9.79. The van der Waals surface area contributed by atoms with Crippen molar-refractivity contribution in [2.45, 2.75) is 25.7 Å². The van der Waals surface area contributed by atoms with E-state index in [1.54, 1.807) is 5.57 Å². The third kappa shape index (κ3) is 1.75. The summed E-state index contributed by atoms with van der Waals surface area (Å²) < 4.78 is 0.775. The molecule has 0 unspecified atom stereocenters. The van der Waals surface area contributed by atoms with Crippen LogP contribution in [0.3, 0.4) is 0 Å². The summed E-state index contributed by atoms with van der Waals surface area (Å²) in [5, 5.41) is 12.2. The third-order valence-corrected chi connectivity index (χ3v) is 5.08. The average Bonchev–Trinajstić information content (AvgIpc) is 2.48. The van der Waals surface area contributed by atoms with Crippen LogP contribution in [-0.4, -0.2) is 5.11 Å². The van der Waals surface area contributed by atoms with Crippen molar-refractivity contribution in [3.63, 3.8) is 0 Å². The number of rotatable bonds is 0. The zero-order valence-corrected chi connectivity index (χ0v) is 12.7. The molecule has 0 atom stereocenters. The zero-order valence-electron chi connectivity index (χ0n) is 11.1. The molecule has 2 aromatic rings. The minimum absolute atomic E-state index is 0.311. The maximum atomic E-state index is 9.84. The maximum absolute atomic E-state index is 9.84. The Labute approximate surface area is 126 Å². The molecule has 2 aliphatic carbocycles. The molecular weight excluding hydrogens is 312 g/mol. The highest BCUT2D eigenvalue weighted by Gasteiger charge is 2.20. The number of halogens is 1. The van der Waals surface area contributed by atoms with E-state index in [2.05, 4.69) is 46.3 Å². The molecule has 1 nitrogen and oxygen atoms in total. The van der Waals surface area contributed by atoms with Gasteiger partial charge in [-0.25, -0.2) is 0 Å². The molecule has 0 aliphatic heterocycles. The summed E-state index contributed by atoms with van der Waals surface area (Å²) in [6.07, 6.45) is 9.24. The van der Waals surface area contributed by atoms with Gasteiger partial charge in [-0.15, -0.1) is 0 Å². The van der Waals surface area contributed by atoms with Crippen LogP contribution in [0.5, 0.6) is 5.75 Å². The van der Waals surface area contributed by atoms with Crippen molar-refractivity contribution in [1.82, 2.24) is 0 Å². The molecular formula is C18H15BrO. The van der Waals surface area contributed by atoms with Crippen LogP contribution in [0.4, 0.5) is 0 Å². The van der Waals surface area contributed by atoms with Crippen molar-refractivity contribution in [3.05, 3.63) is 57.6 Å². The van der Waals surface area contributed by atoms with E-state index < -0.39 is 0 Å². The van der Waals surface area contributed by atoms with Gasteiger partial charge in [-0.05, 0) is 81.2 Å². The van der Waals surface area contributed by atoms with Gasteiger partial charge in [-0.3, -0.25) is 0 Å². The summed E-state index contributed by atoms with van der Waals surface area (Å²) in [5.41, 5.74) is 5.85. The molecule has 2 heteroatoms. The van der Waals surface area contributed by atoms with Gasteiger partial charge in [-0.2, -0.15) is 0 Å². The van der Waals surface area contributed by atoms with Crippen LogP contribution < -0.4 is 0 Å². The number of aryl methyl sites for hydroxylation is 1. The molecule has 2 aromatic carbocycles. The number of phenolic OH excluding ortho intramolecular Hbond substituents is 1. The molecule has 0 fully saturated rings. The van der Waals surface area contributed by atoms with Crippen LogP contribution in [-0.2, 0) is 6.42 Å². The second kappa shape index (κ2) is 4.49. The van der Waals surface area contributed by atoms with Gasteiger partial charge in [0.25, 0.3) is 0 Å². The van der Waals surface area contributed by atoms with Gasteiger partial charge in [0.15, 0.2) is 0 Å². The van der Waals surface area contributed by atoms with Crippen LogP contribution in [0.2, 0.25) is 0 Å². The van der Waals surface area contributed by atoms with Gasteiger partial charge in [0.1, 0.15) is 5.75 Å². The van der Waals surface area contributed by atoms with Crippen LogP contribution in [0, 0.1) is 0 Å². The Balaban J connectivity index is 2.02. The number of benzene rings is 2. The second-order valence-electron chi connectivity index (χ2n) is 5.57. The molecule has 0 aromatic heterocycles. The van der Waals surface area contributed by atoms with Crippen molar-refractivity contribution < 1.29 is 5.11 Å². The van der Waals surface area contributed by atoms with Gasteiger partial charge in [0.2, 0.25) is 0 Å². The summed E-state index contributed by atoms with van der Waals surface area (Å²) in [6, 6.07) is 8.25. The van der Waals surface area contributed by atoms with Crippen molar-refractivity contribution in [2.24, 2.45) is 0 Å². The fourth-order valence-electron chi connectivity index (χ4n) is 3.44. The van der Waals surface area contributed by atoms with Gasteiger partial charge in [-0.1, -0.05) is 29.9 Å². The molecule has 20 heavy (non-hydrogen) atoms. The van der Waals surface area contributed by atoms with E-state index in [0.29, 0.717) is 5.75 Å². The maximum Gasteiger partial charge on any atom is 0.130 e. The molecule has 4 rings (SSSR count). The predicted octanol–water partition coefficient (Wildman–Crippen LogP) is 5.36. The zero-order chi connectivity index (χ0) is 13.7. The van der Waals surface area contributed by atoms with Crippen LogP contribution >= 0.6 is 15.9 Å². The molecule has 0 bridgehead atoms. The Bertz CT molecular complexity index is 784. The molecule has 1 N–H and O–H groups in total. The lowest BCUT2D eigenvalue weighted by Crippen LogP contribution is -2.07. The lowest BCUT2D eigenvalue weighted by Gasteiger charge is -2.25. The predicted molar refractivity (Wildman–Crippen MR) is 86.9 cm³/mol. The first-order valence-electron chi connectivity index (χ1n) is 7.07. The van der Waals surface area contributed by atoms with Crippen LogP contribution in [0.25, 0.3) is 16.3 Å². The van der Waals surface area contributed by atoms with Gasteiger partial charge in [0, 0.05) is 0 Å². The first kappa shape index (κ1) is 12.2. The lowest BCUT2D eigenvalue weighted by molar-refractivity contribution is 0.473. The summed E-state index contributed by atoms with van der Waals surface area (Å²) >= 11 is 3.44. The summed E-state index contributed by atoms with van der Waals surface area (Å²) in [6.45, 7) is 0. The topological polar surface area (TPSA) is 20.2 Å². The van der Waals surface area contributed by atoms with Gasteiger partial charge < -0.3 is 5.11 Å². The van der Waals surface area contributed by atoms with E-state index in [1.807, 2.05) is 6.07 Å². The highest BCUT2D eigenvalue weighted by Crippen LogP contribution is 2.41. The first-order chi connectivity index (χ1) is 9.74. The molecule has 0 amide bonds. The van der Waals surface area contributed by atoms with E-state index in [9.17, 15) is 5.11 Å². The van der Waals surface area contributed by atoms with Crippen molar-refractivity contribution in [2.75, 3.05) is 0 Å². The SMILES string of the molecule is Oc1cc2ccc3c(c2cc1Br)CCC1=C3C=CCC1. The average molecular weight is 327 g/mol. The molecule has 100 valence electrons. The standard InChI is InChI=1S/C18H15BrO/c19-17-10-16-12(9-18(17)20)6-8-14-13-4-2-1-3-11(13)5-7-15(14)16/h2,4,6,8-10,20H,1,3,5,7H2. The largest absolute Gasteiger partial charge is 0.507 e. The molecule has 0 heterocycles. The quantitative estimate of drug-likeness (QED) is 0.691. The summed E-state index contributed by atoms with van der Waals surface area (Å²) in [5.74, 6) is 0.311. The Morgan fingerprint density at radius 3 is 2.85 bits per heavy atom. The van der Waals surface area contributed by atoms with E-state index in [-0.39, 0.29) is 0 Å². The Morgan fingerprint density at radius 2 is 1.95 bits per heavy atom. The number of phenols is 1. The van der Waals surface area contributed by atoms with E-state index in [4.69, 9.17) is 0 Å². The highest BCUT2D eigenvalue weighted by molar-refractivity contribution is 9.10. The highest BCUT2D eigenvalue weighted by atomic mass is 79.9. The van der Waals surface area contributed by atoms with E-state index in [0.717, 1.165) is 16.3 Å². The number of allylic oxidation sites excluding steroid dienone is 4. The second-order valence-corrected chi connectivity index (χ2v) is 6.43. The smallest absolute Gasteiger partial charge is 0.130 e. The molecule has 0 saturated heterocycles. The minimum atomic E-state index is 0.311. The van der Waals surface area contributed by atoms with E-state index in [1.165, 1.54) is 41.3 Å². The number of aromatic hydroxyl groups is 1. The normalized spacial score (nSPS) is 17.2. The third-order valence-electron chi connectivity index (χ3n) is 4.44. The number of hydrogen-bond donors (Lipinski definition) is 1. The molecule has 0 radical (unpaired) electrons.